The molecule has 1 rings (SSSR count). The largest absolute Gasteiger partial charge is 0.480 e. The fraction of sp³-hybridized carbons (Fsp3) is 0.421. The SMILES string of the molecule is C/C=C(\NC(=O)c1cc(F)cc(CNC(=O)OC(C)(C)C)n1)C(=O)N[C@@H](C)C(=O)O. The van der Waals surface area contributed by atoms with Gasteiger partial charge in [-0.25, -0.2) is 14.2 Å². The van der Waals surface area contributed by atoms with Crippen molar-refractivity contribution >= 4 is 23.9 Å². The predicted octanol–water partition coefficient (Wildman–Crippen LogP) is 1.47. The third-order valence-corrected chi connectivity index (χ3v) is 3.39. The van der Waals surface area contributed by atoms with Gasteiger partial charge in [0.05, 0.1) is 12.2 Å². The van der Waals surface area contributed by atoms with Crippen molar-refractivity contribution < 1.29 is 33.4 Å². The number of amides is 3. The highest BCUT2D eigenvalue weighted by Crippen LogP contribution is 2.09. The molecule has 10 nitrogen and oxygen atoms in total. The number of rotatable bonds is 7. The summed E-state index contributed by atoms with van der Waals surface area (Å²) in [5.41, 5.74) is -1.23. The molecule has 1 aromatic rings. The van der Waals surface area contributed by atoms with E-state index in [1.807, 2.05) is 0 Å². The molecule has 0 aliphatic heterocycles. The van der Waals surface area contributed by atoms with Gasteiger partial charge < -0.3 is 25.8 Å². The average molecular weight is 424 g/mol. The van der Waals surface area contributed by atoms with Crippen molar-refractivity contribution in [2.24, 2.45) is 0 Å². The fourth-order valence-electron chi connectivity index (χ4n) is 2.02. The zero-order valence-corrected chi connectivity index (χ0v) is 17.3. The Hall–Kier alpha value is -3.50. The quantitative estimate of drug-likeness (QED) is 0.485. The molecule has 0 bridgehead atoms. The number of aromatic nitrogens is 1. The molecule has 0 fully saturated rings. The van der Waals surface area contributed by atoms with Crippen LogP contribution in [0.1, 0.15) is 50.8 Å². The van der Waals surface area contributed by atoms with Crippen LogP contribution in [0, 0.1) is 5.82 Å². The number of allylic oxidation sites excluding steroid dienone is 1. The van der Waals surface area contributed by atoms with Gasteiger partial charge >= 0.3 is 12.1 Å². The molecule has 30 heavy (non-hydrogen) atoms. The molecule has 3 amide bonds. The molecule has 0 spiro atoms. The van der Waals surface area contributed by atoms with Crippen molar-refractivity contribution in [3.63, 3.8) is 0 Å². The molecule has 0 aliphatic rings. The van der Waals surface area contributed by atoms with Crippen molar-refractivity contribution in [3.8, 4) is 0 Å². The van der Waals surface area contributed by atoms with Gasteiger partial charge in [0, 0.05) is 6.07 Å². The lowest BCUT2D eigenvalue weighted by molar-refractivity contribution is -0.140. The number of pyridine rings is 1. The normalized spacial score (nSPS) is 12.5. The first kappa shape index (κ1) is 24.5. The minimum Gasteiger partial charge on any atom is -0.480 e. The Morgan fingerprint density at radius 1 is 1.27 bits per heavy atom. The number of nitrogens with one attached hydrogen (secondary N) is 3. The Kier molecular flexibility index (Phi) is 8.45. The van der Waals surface area contributed by atoms with Crippen molar-refractivity contribution in [1.82, 2.24) is 20.9 Å². The van der Waals surface area contributed by atoms with Crippen LogP contribution in [0.15, 0.2) is 23.9 Å². The van der Waals surface area contributed by atoms with Gasteiger partial charge in [0.25, 0.3) is 11.8 Å². The van der Waals surface area contributed by atoms with Gasteiger partial charge in [0.15, 0.2) is 0 Å². The molecule has 1 heterocycles. The van der Waals surface area contributed by atoms with Crippen LogP contribution in [0.5, 0.6) is 0 Å². The summed E-state index contributed by atoms with van der Waals surface area (Å²) in [6.07, 6.45) is 0.520. The summed E-state index contributed by atoms with van der Waals surface area (Å²) in [6, 6.07) is 0.714. The summed E-state index contributed by atoms with van der Waals surface area (Å²) >= 11 is 0. The highest BCUT2D eigenvalue weighted by atomic mass is 19.1. The van der Waals surface area contributed by atoms with E-state index in [9.17, 15) is 23.6 Å². The van der Waals surface area contributed by atoms with E-state index in [4.69, 9.17) is 9.84 Å². The summed E-state index contributed by atoms with van der Waals surface area (Å²) in [5.74, 6) is -3.75. The van der Waals surface area contributed by atoms with Crippen LogP contribution in [-0.4, -0.2) is 45.6 Å². The van der Waals surface area contributed by atoms with Crippen LogP contribution in [0.3, 0.4) is 0 Å². The molecule has 4 N–H and O–H groups in total. The number of ether oxygens (including phenoxy) is 1. The first-order valence-electron chi connectivity index (χ1n) is 8.97. The fourth-order valence-corrected chi connectivity index (χ4v) is 2.02. The third kappa shape index (κ3) is 8.25. The highest BCUT2D eigenvalue weighted by Gasteiger charge is 2.20. The van der Waals surface area contributed by atoms with Crippen LogP contribution >= 0.6 is 0 Å². The molecule has 0 radical (unpaired) electrons. The third-order valence-electron chi connectivity index (χ3n) is 3.39. The predicted molar refractivity (Wildman–Crippen MR) is 104 cm³/mol. The average Bonchev–Trinajstić information content (AvgIpc) is 2.62. The van der Waals surface area contributed by atoms with Crippen LogP contribution in [0.25, 0.3) is 0 Å². The van der Waals surface area contributed by atoms with Gasteiger partial charge in [0.1, 0.15) is 28.9 Å². The minimum atomic E-state index is -1.25. The van der Waals surface area contributed by atoms with Crippen molar-refractivity contribution in [2.75, 3.05) is 0 Å². The van der Waals surface area contributed by atoms with Gasteiger partial charge in [-0.1, -0.05) is 6.08 Å². The highest BCUT2D eigenvalue weighted by molar-refractivity contribution is 6.02. The number of carbonyl (C=O) groups excluding carboxylic acids is 3. The second-order valence-electron chi connectivity index (χ2n) is 7.21. The van der Waals surface area contributed by atoms with E-state index in [2.05, 4.69) is 20.9 Å². The molecule has 0 saturated carbocycles. The van der Waals surface area contributed by atoms with E-state index in [-0.39, 0.29) is 23.6 Å². The number of carboxylic acids is 1. The second kappa shape index (κ2) is 10.3. The Labute approximate surface area is 172 Å². The number of carbonyl (C=O) groups is 4. The first-order chi connectivity index (χ1) is 13.8. The van der Waals surface area contributed by atoms with E-state index in [0.717, 1.165) is 12.1 Å². The lowest BCUT2D eigenvalue weighted by Crippen LogP contribution is -2.42. The topological polar surface area (TPSA) is 147 Å². The number of hydrogen-bond donors (Lipinski definition) is 4. The number of hydrogen-bond acceptors (Lipinski definition) is 6. The number of alkyl carbamates (subject to hydrolysis) is 1. The minimum absolute atomic E-state index is 0.0528. The number of aliphatic carboxylic acids is 1. The molecular weight excluding hydrogens is 399 g/mol. The lowest BCUT2D eigenvalue weighted by atomic mass is 10.2. The van der Waals surface area contributed by atoms with E-state index < -0.39 is 41.3 Å². The lowest BCUT2D eigenvalue weighted by Gasteiger charge is -2.19. The van der Waals surface area contributed by atoms with Gasteiger partial charge in [0.2, 0.25) is 0 Å². The number of carboxylic acid groups (broad SMARTS) is 1. The Morgan fingerprint density at radius 2 is 1.90 bits per heavy atom. The van der Waals surface area contributed by atoms with E-state index >= 15 is 0 Å². The molecule has 0 aromatic carbocycles. The summed E-state index contributed by atoms with van der Waals surface area (Å²) in [7, 11) is 0. The molecule has 0 unspecified atom stereocenters. The summed E-state index contributed by atoms with van der Waals surface area (Å²) in [6.45, 7) is 7.56. The number of nitrogens with zero attached hydrogens (tertiary/aromatic N) is 1. The Bertz CT molecular complexity index is 863. The summed E-state index contributed by atoms with van der Waals surface area (Å²) < 4.78 is 19.0. The maximum atomic E-state index is 13.9. The van der Waals surface area contributed by atoms with Crippen LogP contribution < -0.4 is 16.0 Å². The Morgan fingerprint density at radius 3 is 2.43 bits per heavy atom. The van der Waals surface area contributed by atoms with Crippen LogP contribution in [0.2, 0.25) is 0 Å². The van der Waals surface area contributed by atoms with Gasteiger partial charge in [-0.2, -0.15) is 0 Å². The maximum Gasteiger partial charge on any atom is 0.407 e. The Balaban J connectivity index is 2.86. The second-order valence-corrected chi connectivity index (χ2v) is 7.21. The molecule has 1 atom stereocenters. The molecule has 164 valence electrons. The summed E-state index contributed by atoms with van der Waals surface area (Å²) in [5, 5.41) is 15.7. The van der Waals surface area contributed by atoms with Gasteiger partial charge in [-0.05, 0) is 40.7 Å². The standard InChI is InChI=1S/C19H25FN4O6/c1-6-13(15(25)22-10(2)17(27)28)24-16(26)14-8-11(20)7-12(23-14)9-21-18(29)30-19(3,4)5/h6-8,10H,9H2,1-5H3,(H,21,29)(H,22,25)(H,24,26)(H,27,28)/b13-6-/t10-/m0/s1. The van der Waals surface area contributed by atoms with Crippen molar-refractivity contribution in [1.29, 1.82) is 0 Å². The molecule has 11 heteroatoms. The van der Waals surface area contributed by atoms with Crippen molar-refractivity contribution in [3.05, 3.63) is 41.1 Å². The molecule has 0 saturated heterocycles. The maximum absolute atomic E-state index is 13.9. The van der Waals surface area contributed by atoms with Gasteiger partial charge in [-0.3, -0.25) is 14.4 Å². The van der Waals surface area contributed by atoms with Crippen molar-refractivity contribution in [2.45, 2.75) is 52.8 Å². The summed E-state index contributed by atoms with van der Waals surface area (Å²) in [4.78, 5) is 51.0. The number of halogens is 1. The van der Waals surface area contributed by atoms with Crippen LogP contribution in [-0.2, 0) is 20.9 Å². The zero-order valence-electron chi connectivity index (χ0n) is 17.3. The molecular formula is C19H25FN4O6. The van der Waals surface area contributed by atoms with E-state index in [0.29, 0.717) is 0 Å². The van der Waals surface area contributed by atoms with E-state index in [1.165, 1.54) is 19.9 Å². The zero-order chi connectivity index (χ0) is 23.1. The molecule has 1 aromatic heterocycles. The first-order valence-corrected chi connectivity index (χ1v) is 8.97. The van der Waals surface area contributed by atoms with Crippen LogP contribution in [0.4, 0.5) is 9.18 Å². The smallest absolute Gasteiger partial charge is 0.407 e. The molecule has 0 aliphatic carbocycles. The van der Waals surface area contributed by atoms with E-state index in [1.54, 1.807) is 20.8 Å². The van der Waals surface area contributed by atoms with Gasteiger partial charge in [-0.15, -0.1) is 0 Å². The monoisotopic (exact) mass is 424 g/mol.